The molecule has 1 aromatic carbocycles. The Hall–Kier alpha value is -1.20. The van der Waals surface area contributed by atoms with Crippen LogP contribution in [0.25, 0.3) is 0 Å². The molecule has 3 atom stereocenters. The smallest absolute Gasteiger partial charge is 0.222 e. The number of rotatable bonds is 6. The lowest BCUT2D eigenvalue weighted by molar-refractivity contribution is -0.129. The second-order valence-corrected chi connectivity index (χ2v) is 6.67. The average molecular weight is 309 g/mol. The van der Waals surface area contributed by atoms with Crippen LogP contribution in [0.1, 0.15) is 51.0 Å². The molecule has 1 N–H and O–H groups in total. The third-order valence-electron chi connectivity index (χ3n) is 4.31. The lowest BCUT2D eigenvalue weighted by Gasteiger charge is -2.28. The summed E-state index contributed by atoms with van der Waals surface area (Å²) in [6.07, 6.45) is 3.58. The molecule has 1 heterocycles. The molecule has 1 aliphatic rings. The molecule has 21 heavy (non-hydrogen) atoms. The summed E-state index contributed by atoms with van der Waals surface area (Å²) >= 11 is -1.92. The number of benzene rings is 1. The maximum Gasteiger partial charge on any atom is 0.222 e. The van der Waals surface area contributed by atoms with E-state index >= 15 is 0 Å². The van der Waals surface area contributed by atoms with Gasteiger partial charge in [-0.15, -0.1) is 0 Å². The van der Waals surface area contributed by atoms with Crippen molar-refractivity contribution in [1.82, 2.24) is 4.90 Å². The van der Waals surface area contributed by atoms with Crippen molar-refractivity contribution >= 4 is 17.0 Å². The highest BCUT2D eigenvalue weighted by Crippen LogP contribution is 2.28. The average Bonchev–Trinajstić information content (AvgIpc) is 2.91. The molecule has 1 aromatic rings. The SMILES string of the molecule is CCC(CC(C)N1CCCC1=O)c1ccc(S(=O)O)cc1. The standard InChI is InChI=1S/C16H23NO3S/c1-3-13(11-12(2)17-10-4-5-16(17)18)14-6-8-15(9-7-14)21(19)20/h6-9,12-13H,3-5,10-11H2,1-2H3,(H,19,20). The normalized spacial score (nSPS) is 19.6. The molecule has 1 saturated heterocycles. The van der Waals surface area contributed by atoms with E-state index in [2.05, 4.69) is 13.8 Å². The van der Waals surface area contributed by atoms with E-state index in [1.165, 1.54) is 5.56 Å². The summed E-state index contributed by atoms with van der Waals surface area (Å²) in [5.74, 6) is 0.637. The van der Waals surface area contributed by atoms with Crippen molar-refractivity contribution in [2.75, 3.05) is 6.54 Å². The van der Waals surface area contributed by atoms with Crippen molar-refractivity contribution in [2.45, 2.75) is 56.4 Å². The zero-order valence-electron chi connectivity index (χ0n) is 12.6. The van der Waals surface area contributed by atoms with Crippen LogP contribution >= 0.6 is 0 Å². The summed E-state index contributed by atoms with van der Waals surface area (Å²) in [5.41, 5.74) is 1.17. The second-order valence-electron chi connectivity index (χ2n) is 5.70. The summed E-state index contributed by atoms with van der Waals surface area (Å²) in [4.78, 5) is 14.2. The molecule has 116 valence electrons. The maximum absolute atomic E-state index is 11.8. The van der Waals surface area contributed by atoms with Gasteiger partial charge in [0.1, 0.15) is 0 Å². The first-order chi connectivity index (χ1) is 10.0. The Morgan fingerprint density at radius 1 is 1.33 bits per heavy atom. The first kappa shape index (κ1) is 16.2. The first-order valence-corrected chi connectivity index (χ1v) is 8.64. The van der Waals surface area contributed by atoms with E-state index in [9.17, 15) is 9.00 Å². The Morgan fingerprint density at radius 2 is 2.00 bits per heavy atom. The third kappa shape index (κ3) is 3.92. The predicted octanol–water partition coefficient (Wildman–Crippen LogP) is 3.16. The van der Waals surface area contributed by atoms with Gasteiger partial charge in [-0.1, -0.05) is 19.1 Å². The molecule has 1 aliphatic heterocycles. The monoisotopic (exact) mass is 309 g/mol. The van der Waals surface area contributed by atoms with Gasteiger partial charge in [0.15, 0.2) is 11.1 Å². The summed E-state index contributed by atoms with van der Waals surface area (Å²) in [5, 5.41) is 0. The number of carbonyl (C=O) groups excluding carboxylic acids is 1. The molecule has 0 radical (unpaired) electrons. The van der Waals surface area contributed by atoms with Crippen molar-refractivity contribution in [3.8, 4) is 0 Å². The Bertz CT molecular complexity index is 515. The minimum Gasteiger partial charge on any atom is -0.340 e. The number of hydrogen-bond acceptors (Lipinski definition) is 2. The molecule has 0 aromatic heterocycles. The first-order valence-electron chi connectivity index (χ1n) is 7.53. The van der Waals surface area contributed by atoms with Crippen LogP contribution in [0.3, 0.4) is 0 Å². The van der Waals surface area contributed by atoms with Gasteiger partial charge in [0.2, 0.25) is 5.91 Å². The van der Waals surface area contributed by atoms with E-state index in [1.807, 2.05) is 17.0 Å². The Morgan fingerprint density at radius 3 is 2.48 bits per heavy atom. The minimum atomic E-state index is -1.92. The van der Waals surface area contributed by atoms with Gasteiger partial charge >= 0.3 is 0 Å². The molecule has 0 bridgehead atoms. The summed E-state index contributed by atoms with van der Waals surface area (Å²) < 4.78 is 20.1. The van der Waals surface area contributed by atoms with Gasteiger partial charge in [0.25, 0.3) is 0 Å². The highest BCUT2D eigenvalue weighted by molar-refractivity contribution is 7.79. The zero-order chi connectivity index (χ0) is 15.4. The van der Waals surface area contributed by atoms with Gasteiger partial charge in [-0.25, -0.2) is 4.21 Å². The quantitative estimate of drug-likeness (QED) is 0.821. The Kier molecular flexibility index (Phi) is 5.53. The van der Waals surface area contributed by atoms with Crippen LogP contribution < -0.4 is 0 Å². The minimum absolute atomic E-state index is 0.247. The molecular weight excluding hydrogens is 286 g/mol. The van der Waals surface area contributed by atoms with Crippen LogP contribution in [0.2, 0.25) is 0 Å². The molecule has 0 saturated carbocycles. The lowest BCUT2D eigenvalue weighted by Crippen LogP contribution is -2.35. The highest BCUT2D eigenvalue weighted by Gasteiger charge is 2.26. The predicted molar refractivity (Wildman–Crippen MR) is 83.5 cm³/mol. The summed E-state index contributed by atoms with van der Waals surface area (Å²) in [7, 11) is 0. The van der Waals surface area contributed by atoms with E-state index in [0.717, 1.165) is 25.8 Å². The van der Waals surface area contributed by atoms with Crippen LogP contribution in [-0.2, 0) is 15.9 Å². The molecule has 2 rings (SSSR count). The van der Waals surface area contributed by atoms with Gasteiger partial charge in [0, 0.05) is 19.0 Å². The van der Waals surface area contributed by atoms with Crippen molar-refractivity contribution in [1.29, 1.82) is 0 Å². The fraction of sp³-hybridized carbons (Fsp3) is 0.562. The molecule has 4 nitrogen and oxygen atoms in total. The molecule has 0 aliphatic carbocycles. The third-order valence-corrected chi connectivity index (χ3v) is 4.99. The van der Waals surface area contributed by atoms with Gasteiger partial charge in [-0.2, -0.15) is 0 Å². The lowest BCUT2D eigenvalue weighted by atomic mass is 9.90. The fourth-order valence-electron chi connectivity index (χ4n) is 3.07. The van der Waals surface area contributed by atoms with Crippen molar-refractivity contribution < 1.29 is 13.6 Å². The maximum atomic E-state index is 11.8. The molecular formula is C16H23NO3S. The molecule has 1 fully saturated rings. The van der Waals surface area contributed by atoms with E-state index in [0.29, 0.717) is 17.2 Å². The molecule has 1 amide bonds. The second kappa shape index (κ2) is 7.18. The van der Waals surface area contributed by atoms with Crippen molar-refractivity contribution in [2.24, 2.45) is 0 Å². The molecule has 0 spiro atoms. The van der Waals surface area contributed by atoms with E-state index in [4.69, 9.17) is 4.55 Å². The van der Waals surface area contributed by atoms with E-state index in [-0.39, 0.29) is 11.9 Å². The fourth-order valence-corrected chi connectivity index (χ4v) is 3.44. The van der Waals surface area contributed by atoms with Gasteiger partial charge in [0.05, 0.1) is 4.90 Å². The number of likely N-dealkylation sites (tertiary alicyclic amines) is 1. The number of hydrogen-bond donors (Lipinski definition) is 1. The Balaban J connectivity index is 2.05. The highest BCUT2D eigenvalue weighted by atomic mass is 32.2. The van der Waals surface area contributed by atoms with Crippen LogP contribution in [-0.4, -0.2) is 32.2 Å². The van der Waals surface area contributed by atoms with E-state index < -0.39 is 11.1 Å². The summed E-state index contributed by atoms with van der Waals surface area (Å²) in [6, 6.07) is 7.52. The number of nitrogens with zero attached hydrogens (tertiary/aromatic N) is 1. The van der Waals surface area contributed by atoms with E-state index in [1.54, 1.807) is 12.1 Å². The van der Waals surface area contributed by atoms with Crippen LogP contribution in [0.15, 0.2) is 29.2 Å². The van der Waals surface area contributed by atoms with Crippen molar-refractivity contribution in [3.63, 3.8) is 0 Å². The van der Waals surface area contributed by atoms with Gasteiger partial charge in [-0.05, 0) is 49.8 Å². The molecule has 3 unspecified atom stereocenters. The topological polar surface area (TPSA) is 57.6 Å². The summed E-state index contributed by atoms with van der Waals surface area (Å²) in [6.45, 7) is 5.13. The Labute approximate surface area is 128 Å². The molecule has 5 heteroatoms. The van der Waals surface area contributed by atoms with Crippen LogP contribution in [0.5, 0.6) is 0 Å². The largest absolute Gasteiger partial charge is 0.340 e. The van der Waals surface area contributed by atoms with Crippen LogP contribution in [0.4, 0.5) is 0 Å². The van der Waals surface area contributed by atoms with Gasteiger partial charge < -0.3 is 9.45 Å². The van der Waals surface area contributed by atoms with Gasteiger partial charge in [-0.3, -0.25) is 4.79 Å². The number of carbonyl (C=O) groups is 1. The number of amides is 1. The van der Waals surface area contributed by atoms with Crippen molar-refractivity contribution in [3.05, 3.63) is 29.8 Å². The zero-order valence-corrected chi connectivity index (χ0v) is 13.4. The van der Waals surface area contributed by atoms with Crippen LogP contribution in [0, 0.1) is 0 Å².